The fraction of sp³-hybridized carbons (Fsp3) is 0.129. The molecular weight excluding hydrogens is 428 g/mol. The topological polar surface area (TPSA) is 43.6 Å². The number of benzene rings is 3. The number of hydrogen-bond acceptors (Lipinski definition) is 3. The van der Waals surface area contributed by atoms with Crippen LogP contribution in [-0.4, -0.2) is 19.5 Å². The minimum absolute atomic E-state index is 0.472. The molecule has 0 spiro atoms. The molecule has 0 amide bonds. The molecule has 2 aromatic heterocycles. The summed E-state index contributed by atoms with van der Waals surface area (Å²) >= 11 is 0. The summed E-state index contributed by atoms with van der Waals surface area (Å²) in [5.41, 5.74) is 3.69. The minimum atomic E-state index is -0.472. The van der Waals surface area contributed by atoms with Gasteiger partial charge in [-0.05, 0) is 38.5 Å². The second-order valence-electron chi connectivity index (χ2n) is 9.00. The van der Waals surface area contributed by atoms with Crippen molar-refractivity contribution in [1.82, 2.24) is 19.5 Å². The Hall–Kier alpha value is -4.31. The Morgan fingerprint density at radius 1 is 0.800 bits per heavy atom. The lowest BCUT2D eigenvalue weighted by atomic mass is 9.82. The van der Waals surface area contributed by atoms with E-state index in [0.29, 0.717) is 17.6 Å². The summed E-state index contributed by atoms with van der Waals surface area (Å²) in [6.45, 7) is 10.2. The molecule has 0 radical (unpaired) electrons. The molecule has 4 heteroatoms. The Bertz CT molecular complexity index is 1530. The molecule has 0 atom stereocenters. The lowest BCUT2D eigenvalue weighted by Gasteiger charge is -2.25. The van der Waals surface area contributed by atoms with Crippen LogP contribution in [0.2, 0.25) is 0 Å². The van der Waals surface area contributed by atoms with Crippen LogP contribution in [0, 0.1) is 0 Å². The van der Waals surface area contributed by atoms with Crippen molar-refractivity contribution in [2.45, 2.75) is 26.2 Å². The summed E-state index contributed by atoms with van der Waals surface area (Å²) in [5.74, 6) is 1.96. The number of aromatic nitrogens is 4. The summed E-state index contributed by atoms with van der Waals surface area (Å²) in [5, 5.41) is 2.35. The maximum absolute atomic E-state index is 5.09. The third-order valence-corrected chi connectivity index (χ3v) is 6.36. The molecule has 172 valence electrons. The van der Waals surface area contributed by atoms with Gasteiger partial charge in [0.25, 0.3) is 0 Å². The van der Waals surface area contributed by atoms with Crippen molar-refractivity contribution in [3.05, 3.63) is 121 Å². The normalized spacial score (nSPS) is 12.6. The first-order valence-corrected chi connectivity index (χ1v) is 11.8. The summed E-state index contributed by atoms with van der Waals surface area (Å²) in [7, 11) is 0. The largest absolute Gasteiger partial charge is 0.278 e. The molecule has 0 aliphatic heterocycles. The highest BCUT2D eigenvalue weighted by Crippen LogP contribution is 2.34. The van der Waals surface area contributed by atoms with Crippen LogP contribution in [0.25, 0.3) is 39.1 Å². The van der Waals surface area contributed by atoms with E-state index in [-0.39, 0.29) is 0 Å². The fourth-order valence-electron chi connectivity index (χ4n) is 4.51. The Kier molecular flexibility index (Phi) is 5.87. The van der Waals surface area contributed by atoms with E-state index in [9.17, 15) is 0 Å². The first-order chi connectivity index (χ1) is 17.0. The average Bonchev–Trinajstić information content (AvgIpc) is 3.23. The Morgan fingerprint density at radius 3 is 2.00 bits per heavy atom. The van der Waals surface area contributed by atoms with Gasteiger partial charge in [-0.3, -0.25) is 4.57 Å². The maximum Gasteiger partial charge on any atom is 0.238 e. The number of allylic oxidation sites excluding steroid dienone is 5. The van der Waals surface area contributed by atoms with Crippen LogP contribution < -0.4 is 0 Å². The van der Waals surface area contributed by atoms with Crippen molar-refractivity contribution in [1.29, 1.82) is 0 Å². The minimum Gasteiger partial charge on any atom is -0.278 e. The van der Waals surface area contributed by atoms with Gasteiger partial charge in [0.15, 0.2) is 5.82 Å². The standard InChI is InChI=1S/C31H28N4/c1-5-14-23(15-6-2)31(3,4)29-32-28(22-16-8-7-9-17-22)33-30(34-29)35-26-20-12-10-18-24(26)25-19-11-13-21-27(25)35/h5-21H,1H2,2-4H3/b15-6-,23-14+. The average molecular weight is 457 g/mol. The summed E-state index contributed by atoms with van der Waals surface area (Å²) in [6, 6.07) is 26.9. The van der Waals surface area contributed by atoms with Gasteiger partial charge in [0.2, 0.25) is 5.95 Å². The molecule has 5 aromatic rings. The summed E-state index contributed by atoms with van der Waals surface area (Å²) in [6.07, 6.45) is 7.95. The number of rotatable bonds is 6. The van der Waals surface area contributed by atoms with Crippen LogP contribution in [0.15, 0.2) is 115 Å². The maximum atomic E-state index is 5.09. The molecule has 0 bridgehead atoms. The van der Waals surface area contributed by atoms with E-state index in [0.717, 1.165) is 22.2 Å². The van der Waals surface area contributed by atoms with Gasteiger partial charge in [-0.1, -0.05) is 97.6 Å². The van der Waals surface area contributed by atoms with E-state index < -0.39 is 5.41 Å². The molecule has 35 heavy (non-hydrogen) atoms. The zero-order valence-corrected chi connectivity index (χ0v) is 20.3. The van der Waals surface area contributed by atoms with E-state index in [4.69, 9.17) is 15.0 Å². The van der Waals surface area contributed by atoms with E-state index >= 15 is 0 Å². The molecule has 4 nitrogen and oxygen atoms in total. The highest BCUT2D eigenvalue weighted by atomic mass is 15.2. The van der Waals surface area contributed by atoms with Crippen LogP contribution in [0.3, 0.4) is 0 Å². The van der Waals surface area contributed by atoms with E-state index in [1.165, 1.54) is 10.8 Å². The van der Waals surface area contributed by atoms with Crippen LogP contribution in [-0.2, 0) is 5.41 Å². The lowest BCUT2D eigenvalue weighted by molar-refractivity contribution is 0.582. The SMILES string of the molecule is C=C/C=C(\C=C/C)C(C)(C)c1nc(-c2ccccc2)nc(-n2c3ccccc3c3ccccc32)n1. The molecule has 0 saturated heterocycles. The first-order valence-electron chi connectivity index (χ1n) is 11.8. The molecule has 2 heterocycles. The second kappa shape index (κ2) is 9.15. The van der Waals surface area contributed by atoms with Crippen molar-refractivity contribution in [3.8, 4) is 17.3 Å². The van der Waals surface area contributed by atoms with Gasteiger partial charge >= 0.3 is 0 Å². The predicted octanol–water partition coefficient (Wildman–Crippen LogP) is 7.60. The van der Waals surface area contributed by atoms with E-state index in [1.54, 1.807) is 0 Å². The Labute approximate surface area is 206 Å². The van der Waals surface area contributed by atoms with Crippen molar-refractivity contribution in [2.24, 2.45) is 0 Å². The molecule has 0 aliphatic carbocycles. The molecule has 0 aliphatic rings. The number of para-hydroxylation sites is 2. The number of nitrogens with zero attached hydrogens (tertiary/aromatic N) is 4. The molecule has 3 aromatic carbocycles. The molecule has 0 unspecified atom stereocenters. The van der Waals surface area contributed by atoms with Gasteiger partial charge in [0.1, 0.15) is 5.82 Å². The monoisotopic (exact) mass is 456 g/mol. The lowest BCUT2D eigenvalue weighted by Crippen LogP contribution is -2.25. The summed E-state index contributed by atoms with van der Waals surface area (Å²) in [4.78, 5) is 15.1. The quantitative estimate of drug-likeness (QED) is 0.247. The van der Waals surface area contributed by atoms with Gasteiger partial charge in [0.05, 0.1) is 11.0 Å². The molecule has 0 saturated carbocycles. The zero-order chi connectivity index (χ0) is 24.4. The van der Waals surface area contributed by atoms with Crippen LogP contribution in [0.5, 0.6) is 0 Å². The van der Waals surface area contributed by atoms with E-state index in [1.807, 2.05) is 55.5 Å². The van der Waals surface area contributed by atoms with Crippen LogP contribution in [0.4, 0.5) is 0 Å². The fourth-order valence-corrected chi connectivity index (χ4v) is 4.51. The first kappa shape index (κ1) is 22.5. The molecule has 5 rings (SSSR count). The smallest absolute Gasteiger partial charge is 0.238 e. The predicted molar refractivity (Wildman–Crippen MR) is 146 cm³/mol. The molecular formula is C31H28N4. The van der Waals surface area contributed by atoms with Crippen molar-refractivity contribution in [2.75, 3.05) is 0 Å². The Morgan fingerprint density at radius 2 is 1.40 bits per heavy atom. The van der Waals surface area contributed by atoms with E-state index in [2.05, 4.69) is 79.6 Å². The summed E-state index contributed by atoms with van der Waals surface area (Å²) < 4.78 is 2.14. The Balaban J connectivity index is 1.84. The second-order valence-corrected chi connectivity index (χ2v) is 9.00. The van der Waals surface area contributed by atoms with Crippen molar-refractivity contribution < 1.29 is 0 Å². The third kappa shape index (κ3) is 3.97. The number of fused-ring (bicyclic) bond motifs is 3. The van der Waals surface area contributed by atoms with Crippen molar-refractivity contribution >= 4 is 21.8 Å². The van der Waals surface area contributed by atoms with Gasteiger partial charge in [-0.15, -0.1) is 0 Å². The molecule has 0 fully saturated rings. The van der Waals surface area contributed by atoms with Gasteiger partial charge < -0.3 is 0 Å². The third-order valence-electron chi connectivity index (χ3n) is 6.36. The molecule has 0 N–H and O–H groups in total. The highest BCUT2D eigenvalue weighted by Gasteiger charge is 2.29. The van der Waals surface area contributed by atoms with Gasteiger partial charge in [-0.2, -0.15) is 9.97 Å². The van der Waals surface area contributed by atoms with Crippen molar-refractivity contribution in [3.63, 3.8) is 0 Å². The van der Waals surface area contributed by atoms with Gasteiger partial charge in [-0.25, -0.2) is 4.98 Å². The van der Waals surface area contributed by atoms with Crippen LogP contribution >= 0.6 is 0 Å². The number of hydrogen-bond donors (Lipinski definition) is 0. The zero-order valence-electron chi connectivity index (χ0n) is 20.3. The van der Waals surface area contributed by atoms with Crippen LogP contribution in [0.1, 0.15) is 26.6 Å². The highest BCUT2D eigenvalue weighted by molar-refractivity contribution is 6.08. The van der Waals surface area contributed by atoms with Gasteiger partial charge in [0, 0.05) is 21.8 Å².